The number of ether oxygens (including phenoxy) is 2. The van der Waals surface area contributed by atoms with Gasteiger partial charge >= 0.3 is 0 Å². The molecule has 0 atom stereocenters. The van der Waals surface area contributed by atoms with Crippen LogP contribution in [0.2, 0.25) is 0 Å². The topological polar surface area (TPSA) is 69.2 Å². The van der Waals surface area contributed by atoms with Gasteiger partial charge in [0.05, 0.1) is 25.5 Å². The molecule has 2 heterocycles. The number of pyridine rings is 1. The molecule has 0 saturated heterocycles. The molecule has 1 N–H and O–H groups in total. The van der Waals surface area contributed by atoms with Crippen molar-refractivity contribution in [3.8, 4) is 23.0 Å². The van der Waals surface area contributed by atoms with Crippen LogP contribution in [0.25, 0.3) is 11.3 Å². The molecule has 0 aromatic carbocycles. The molecule has 6 heteroatoms. The monoisotopic (exact) mass is 372 g/mol. The van der Waals surface area contributed by atoms with Gasteiger partial charge in [-0.3, -0.25) is 0 Å². The zero-order valence-corrected chi connectivity index (χ0v) is 17.6. The molecule has 0 amide bonds. The number of methoxy groups -OCH3 is 2. The summed E-state index contributed by atoms with van der Waals surface area (Å²) in [6.45, 7) is 10.6. The van der Waals surface area contributed by atoms with Crippen LogP contribution in [0.4, 0.5) is 5.82 Å². The minimum absolute atomic E-state index is 0.325. The number of anilines is 1. The molecule has 0 aliphatic carbocycles. The highest BCUT2D eigenvalue weighted by molar-refractivity contribution is 5.69. The summed E-state index contributed by atoms with van der Waals surface area (Å²) < 4.78 is 11.1. The van der Waals surface area contributed by atoms with Gasteiger partial charge in [-0.2, -0.15) is 0 Å². The summed E-state index contributed by atoms with van der Waals surface area (Å²) in [5.74, 6) is 2.07. The number of rotatable bonds is 9. The van der Waals surface area contributed by atoms with Crippen LogP contribution in [0.5, 0.6) is 11.8 Å². The smallest absolute Gasteiger partial charge is 0.257 e. The second kappa shape index (κ2) is 9.53. The van der Waals surface area contributed by atoms with Crippen molar-refractivity contribution in [1.29, 1.82) is 0 Å². The number of nitrogens with zero attached hydrogens (tertiary/aromatic N) is 3. The lowest BCUT2D eigenvalue weighted by Gasteiger charge is -2.19. The number of hydrogen-bond donors (Lipinski definition) is 1. The Balaban J connectivity index is 2.57. The van der Waals surface area contributed by atoms with Crippen LogP contribution >= 0.6 is 0 Å². The summed E-state index contributed by atoms with van der Waals surface area (Å²) in [5.41, 5.74) is 3.46. The molecule has 0 saturated carbocycles. The third kappa shape index (κ3) is 4.67. The predicted octanol–water partition coefficient (Wildman–Crippen LogP) is 4.84. The molecule has 2 rings (SSSR count). The maximum Gasteiger partial charge on any atom is 0.257 e. The molecule has 2 aromatic rings. The van der Waals surface area contributed by atoms with E-state index in [9.17, 15) is 0 Å². The molecule has 0 fully saturated rings. The Bertz CT molecular complexity index is 758. The van der Waals surface area contributed by atoms with E-state index in [0.717, 1.165) is 41.9 Å². The highest BCUT2D eigenvalue weighted by Crippen LogP contribution is 2.34. The van der Waals surface area contributed by atoms with Crippen LogP contribution < -0.4 is 14.8 Å². The lowest BCUT2D eigenvalue weighted by molar-refractivity contribution is 0.393. The highest BCUT2D eigenvalue weighted by atomic mass is 16.5. The Morgan fingerprint density at radius 2 is 1.59 bits per heavy atom. The summed E-state index contributed by atoms with van der Waals surface area (Å²) >= 11 is 0. The molecular weight excluding hydrogens is 340 g/mol. The van der Waals surface area contributed by atoms with Crippen LogP contribution in [0, 0.1) is 0 Å². The minimum Gasteiger partial charge on any atom is -0.480 e. The van der Waals surface area contributed by atoms with Gasteiger partial charge in [0, 0.05) is 11.7 Å². The minimum atomic E-state index is 0.325. The van der Waals surface area contributed by atoms with Crippen LogP contribution in [-0.4, -0.2) is 35.2 Å². The maximum atomic E-state index is 5.56. The first kappa shape index (κ1) is 20.9. The van der Waals surface area contributed by atoms with Crippen LogP contribution in [0.15, 0.2) is 12.1 Å². The average molecular weight is 373 g/mol. The lowest BCUT2D eigenvalue weighted by atomic mass is 10.1. The number of nitrogens with one attached hydrogen (secondary N) is 1. The predicted molar refractivity (Wildman–Crippen MR) is 110 cm³/mol. The van der Waals surface area contributed by atoms with Crippen molar-refractivity contribution in [2.24, 2.45) is 0 Å². The standard InChI is InChI=1S/C21H32N4O2/c1-8-14(9-2)22-19-21(27-7)25-18(16(10-3)23-19)15-11-12-17(13(4)5)24-20(15)26-6/h11-14H,8-10H2,1-7H3,(H,22,23). The quantitative estimate of drug-likeness (QED) is 0.679. The molecule has 2 aromatic heterocycles. The summed E-state index contributed by atoms with van der Waals surface area (Å²) in [7, 11) is 3.25. The summed E-state index contributed by atoms with van der Waals surface area (Å²) in [4.78, 5) is 14.2. The SMILES string of the molecule is CCc1nc(NC(CC)CC)c(OC)nc1-c1ccc(C(C)C)nc1OC. The van der Waals surface area contributed by atoms with Gasteiger partial charge in [-0.1, -0.05) is 34.6 Å². The summed E-state index contributed by atoms with van der Waals surface area (Å²) in [6.07, 6.45) is 2.77. The van der Waals surface area contributed by atoms with Crippen molar-refractivity contribution in [1.82, 2.24) is 15.0 Å². The van der Waals surface area contributed by atoms with Gasteiger partial charge in [0.15, 0.2) is 5.82 Å². The van der Waals surface area contributed by atoms with Crippen molar-refractivity contribution in [3.05, 3.63) is 23.5 Å². The first-order valence-electron chi connectivity index (χ1n) is 9.75. The Labute approximate surface area is 162 Å². The summed E-state index contributed by atoms with van der Waals surface area (Å²) in [6, 6.07) is 4.37. The molecule has 0 aliphatic heterocycles. The molecular formula is C21H32N4O2. The van der Waals surface area contributed by atoms with Gasteiger partial charge in [-0.25, -0.2) is 15.0 Å². The fraction of sp³-hybridized carbons (Fsp3) is 0.571. The van der Waals surface area contributed by atoms with Gasteiger partial charge in [-0.05, 0) is 37.3 Å². The van der Waals surface area contributed by atoms with Gasteiger partial charge < -0.3 is 14.8 Å². The van der Waals surface area contributed by atoms with Crippen LogP contribution in [-0.2, 0) is 6.42 Å². The van der Waals surface area contributed by atoms with Gasteiger partial charge in [0.2, 0.25) is 5.88 Å². The number of aryl methyl sites for hydroxylation is 1. The average Bonchev–Trinajstić information content (AvgIpc) is 2.70. The molecule has 0 spiro atoms. The van der Waals surface area contributed by atoms with E-state index in [1.54, 1.807) is 14.2 Å². The van der Waals surface area contributed by atoms with Crippen molar-refractivity contribution >= 4 is 5.82 Å². The van der Waals surface area contributed by atoms with Crippen LogP contribution in [0.3, 0.4) is 0 Å². The van der Waals surface area contributed by atoms with E-state index in [-0.39, 0.29) is 0 Å². The molecule has 0 unspecified atom stereocenters. The third-order valence-corrected chi connectivity index (χ3v) is 4.71. The molecule has 0 aliphatic rings. The fourth-order valence-electron chi connectivity index (χ4n) is 2.95. The Morgan fingerprint density at radius 3 is 2.11 bits per heavy atom. The van der Waals surface area contributed by atoms with E-state index in [2.05, 4.69) is 44.9 Å². The molecule has 6 nitrogen and oxygen atoms in total. The zero-order chi connectivity index (χ0) is 20.0. The molecule has 0 bridgehead atoms. The first-order valence-corrected chi connectivity index (χ1v) is 9.75. The second-order valence-corrected chi connectivity index (χ2v) is 6.84. The second-order valence-electron chi connectivity index (χ2n) is 6.84. The molecule has 27 heavy (non-hydrogen) atoms. The van der Waals surface area contributed by atoms with E-state index in [1.807, 2.05) is 12.1 Å². The van der Waals surface area contributed by atoms with E-state index in [4.69, 9.17) is 19.4 Å². The van der Waals surface area contributed by atoms with Gasteiger partial charge in [-0.15, -0.1) is 0 Å². The summed E-state index contributed by atoms with van der Waals surface area (Å²) in [5, 5.41) is 3.46. The molecule has 0 radical (unpaired) electrons. The third-order valence-electron chi connectivity index (χ3n) is 4.71. The number of aromatic nitrogens is 3. The zero-order valence-electron chi connectivity index (χ0n) is 17.6. The number of hydrogen-bond acceptors (Lipinski definition) is 6. The molecule has 148 valence electrons. The van der Waals surface area contributed by atoms with Crippen molar-refractivity contribution in [2.45, 2.75) is 65.8 Å². The maximum absolute atomic E-state index is 5.56. The van der Waals surface area contributed by atoms with E-state index in [1.165, 1.54) is 0 Å². The van der Waals surface area contributed by atoms with Crippen LogP contribution in [0.1, 0.15) is 64.8 Å². The van der Waals surface area contributed by atoms with Crippen molar-refractivity contribution < 1.29 is 9.47 Å². The van der Waals surface area contributed by atoms with Crippen molar-refractivity contribution in [3.63, 3.8) is 0 Å². The Morgan fingerprint density at radius 1 is 0.926 bits per heavy atom. The normalized spacial score (nSPS) is 11.1. The highest BCUT2D eigenvalue weighted by Gasteiger charge is 2.20. The lowest BCUT2D eigenvalue weighted by Crippen LogP contribution is -2.19. The first-order chi connectivity index (χ1) is 13.0. The fourth-order valence-corrected chi connectivity index (χ4v) is 2.95. The van der Waals surface area contributed by atoms with E-state index in [0.29, 0.717) is 29.5 Å². The Kier molecular flexibility index (Phi) is 7.39. The Hall–Kier alpha value is -2.37. The van der Waals surface area contributed by atoms with E-state index >= 15 is 0 Å². The van der Waals surface area contributed by atoms with Gasteiger partial charge in [0.1, 0.15) is 5.69 Å². The van der Waals surface area contributed by atoms with Gasteiger partial charge in [0.25, 0.3) is 5.88 Å². The largest absolute Gasteiger partial charge is 0.480 e. The van der Waals surface area contributed by atoms with E-state index < -0.39 is 0 Å². The van der Waals surface area contributed by atoms with Crippen molar-refractivity contribution in [2.75, 3.05) is 19.5 Å².